The van der Waals surface area contributed by atoms with Crippen LogP contribution in [0.1, 0.15) is 203 Å². The highest BCUT2D eigenvalue weighted by Crippen LogP contribution is 2.59. The van der Waals surface area contributed by atoms with Crippen molar-refractivity contribution in [1.82, 2.24) is 0 Å². The fourth-order valence-electron chi connectivity index (χ4n) is 14.7. The van der Waals surface area contributed by atoms with Gasteiger partial charge < -0.3 is 15.3 Å². The molecule has 4 aliphatic carbocycles. The van der Waals surface area contributed by atoms with Gasteiger partial charge in [0.25, 0.3) is 0 Å². The van der Waals surface area contributed by atoms with Crippen molar-refractivity contribution in [2.24, 2.45) is 121 Å². The molecule has 6 unspecified atom stereocenters. The third-order valence-corrected chi connectivity index (χ3v) is 18.5. The minimum atomic E-state index is -0.232. The Labute approximate surface area is 356 Å². The first kappa shape index (κ1) is 49.5. The Hall–Kier alpha value is -0.120. The Morgan fingerprint density at radius 1 is 0.298 bits per heavy atom. The summed E-state index contributed by atoms with van der Waals surface area (Å²) in [7, 11) is 0. The van der Waals surface area contributed by atoms with Gasteiger partial charge in [0.05, 0.1) is 18.3 Å². The van der Waals surface area contributed by atoms with Crippen LogP contribution in [0, 0.1) is 121 Å². The molecule has 0 bridgehead atoms. The Morgan fingerprint density at radius 3 is 0.561 bits per heavy atom. The topological polar surface area (TPSA) is 60.7 Å². The molecule has 0 aromatic carbocycles. The van der Waals surface area contributed by atoms with E-state index in [1.165, 1.54) is 19.3 Å². The van der Waals surface area contributed by atoms with Crippen LogP contribution in [0.15, 0.2) is 0 Å². The SMILES string of the molecule is CC1C(CC2CC(C(C)(C)C)C(O)C(C(C)(C)C)C2)C(C)C(CC2CC(C(C)(C)C)C(O)C(C(C)(C)C)C2)C(C)C1CC1CC(C(C)(C)C)C(O)C(C(C)(C)C)C1. The third kappa shape index (κ3) is 11.3. The number of hydrogen-bond acceptors (Lipinski definition) is 3. The highest BCUT2D eigenvalue weighted by Gasteiger charge is 2.53. The summed E-state index contributed by atoms with van der Waals surface area (Å²) in [5, 5.41) is 35.8. The van der Waals surface area contributed by atoms with Crippen molar-refractivity contribution in [3.8, 4) is 0 Å². The van der Waals surface area contributed by atoms with Crippen LogP contribution in [0.5, 0.6) is 0 Å². The number of aliphatic hydroxyl groups is 3. The highest BCUT2D eigenvalue weighted by atomic mass is 16.3. The summed E-state index contributed by atoms with van der Waals surface area (Å²) < 4.78 is 0. The molecule has 3 heteroatoms. The Bertz CT molecular complexity index is 1030. The molecule has 6 atom stereocenters. The molecule has 0 spiro atoms. The zero-order chi connectivity index (χ0) is 43.8. The average Bonchev–Trinajstić information content (AvgIpc) is 3.02. The molecule has 3 N–H and O–H groups in total. The quantitative estimate of drug-likeness (QED) is 0.251. The van der Waals surface area contributed by atoms with Crippen molar-refractivity contribution in [3.63, 3.8) is 0 Å². The lowest BCUT2D eigenvalue weighted by Gasteiger charge is -2.56. The molecule has 336 valence electrons. The highest BCUT2D eigenvalue weighted by molar-refractivity contribution is 5.03. The second-order valence-corrected chi connectivity index (χ2v) is 28.6. The van der Waals surface area contributed by atoms with Gasteiger partial charge >= 0.3 is 0 Å². The molecule has 0 amide bonds. The molecular formula is C54H102O3. The molecule has 0 aromatic rings. The van der Waals surface area contributed by atoms with Gasteiger partial charge in [-0.05, 0) is 179 Å². The van der Waals surface area contributed by atoms with Gasteiger partial charge in [-0.3, -0.25) is 0 Å². The summed E-state index contributed by atoms with van der Waals surface area (Å²) >= 11 is 0. The Kier molecular flexibility index (Phi) is 15.0. The molecule has 0 radical (unpaired) electrons. The lowest BCUT2D eigenvalue weighted by molar-refractivity contribution is -0.109. The molecule has 4 rings (SSSR count). The van der Waals surface area contributed by atoms with Crippen LogP contribution in [0.3, 0.4) is 0 Å². The van der Waals surface area contributed by atoms with E-state index in [9.17, 15) is 15.3 Å². The van der Waals surface area contributed by atoms with Gasteiger partial charge in [0.1, 0.15) is 0 Å². The minimum Gasteiger partial charge on any atom is -0.393 e. The lowest BCUT2D eigenvalue weighted by atomic mass is 9.50. The number of rotatable bonds is 6. The molecule has 3 nitrogen and oxygen atoms in total. The first-order valence-corrected chi connectivity index (χ1v) is 24.6. The van der Waals surface area contributed by atoms with Gasteiger partial charge in [-0.15, -0.1) is 0 Å². The van der Waals surface area contributed by atoms with Crippen LogP contribution in [-0.4, -0.2) is 33.6 Å². The molecule has 57 heavy (non-hydrogen) atoms. The minimum absolute atomic E-state index is 0.0858. The number of aliphatic hydroxyl groups excluding tert-OH is 3. The second-order valence-electron chi connectivity index (χ2n) is 28.6. The maximum absolute atomic E-state index is 11.9. The smallest absolute Gasteiger partial charge is 0.0606 e. The normalized spacial score (nSPS) is 43.6. The monoisotopic (exact) mass is 799 g/mol. The molecule has 4 aliphatic rings. The Balaban J connectivity index is 1.74. The van der Waals surface area contributed by atoms with Crippen LogP contribution in [0.25, 0.3) is 0 Å². The molecule has 0 heterocycles. The summed E-state index contributed by atoms with van der Waals surface area (Å²) in [6.07, 6.45) is 10.1. The van der Waals surface area contributed by atoms with Crippen LogP contribution in [0.4, 0.5) is 0 Å². The van der Waals surface area contributed by atoms with Gasteiger partial charge in [0, 0.05) is 0 Å². The fourth-order valence-corrected chi connectivity index (χ4v) is 14.7. The summed E-state index contributed by atoms with van der Waals surface area (Å²) in [4.78, 5) is 0. The van der Waals surface area contributed by atoms with E-state index in [0.717, 1.165) is 38.5 Å². The zero-order valence-corrected chi connectivity index (χ0v) is 42.1. The lowest BCUT2D eigenvalue weighted by Crippen LogP contribution is -2.51. The van der Waals surface area contributed by atoms with Crippen molar-refractivity contribution in [2.75, 3.05) is 0 Å². The van der Waals surface area contributed by atoms with Crippen molar-refractivity contribution in [2.45, 2.75) is 221 Å². The second kappa shape index (κ2) is 17.2. The van der Waals surface area contributed by atoms with E-state index in [2.05, 4.69) is 145 Å². The first-order chi connectivity index (χ1) is 25.5. The van der Waals surface area contributed by atoms with E-state index in [4.69, 9.17) is 0 Å². The summed E-state index contributed by atoms with van der Waals surface area (Å²) in [5.74, 6) is 7.91. The van der Waals surface area contributed by atoms with Crippen molar-refractivity contribution < 1.29 is 15.3 Å². The van der Waals surface area contributed by atoms with Crippen molar-refractivity contribution in [1.29, 1.82) is 0 Å². The molecule has 4 saturated carbocycles. The van der Waals surface area contributed by atoms with E-state index in [1.807, 2.05) is 0 Å². The summed E-state index contributed by atoms with van der Waals surface area (Å²) in [6, 6.07) is 0. The maximum atomic E-state index is 11.9. The van der Waals surface area contributed by atoms with Gasteiger partial charge in [-0.2, -0.15) is 0 Å². The van der Waals surface area contributed by atoms with Crippen LogP contribution >= 0.6 is 0 Å². The maximum Gasteiger partial charge on any atom is 0.0606 e. The van der Waals surface area contributed by atoms with E-state index >= 15 is 0 Å². The van der Waals surface area contributed by atoms with Gasteiger partial charge in [0.2, 0.25) is 0 Å². The van der Waals surface area contributed by atoms with Gasteiger partial charge in [0.15, 0.2) is 0 Å². The van der Waals surface area contributed by atoms with Gasteiger partial charge in [-0.1, -0.05) is 145 Å². The molecule has 4 fully saturated rings. The Morgan fingerprint density at radius 2 is 0.439 bits per heavy atom. The van der Waals surface area contributed by atoms with Crippen LogP contribution < -0.4 is 0 Å². The zero-order valence-electron chi connectivity index (χ0n) is 42.1. The van der Waals surface area contributed by atoms with E-state index in [1.54, 1.807) is 0 Å². The third-order valence-electron chi connectivity index (χ3n) is 18.5. The first-order valence-electron chi connectivity index (χ1n) is 24.6. The van der Waals surface area contributed by atoms with E-state index in [-0.39, 0.29) is 50.8 Å². The van der Waals surface area contributed by atoms with E-state index < -0.39 is 0 Å². The molecule has 0 aromatic heterocycles. The fraction of sp³-hybridized carbons (Fsp3) is 1.00. The predicted octanol–water partition coefficient (Wildman–Crippen LogP) is 14.2. The van der Waals surface area contributed by atoms with Crippen molar-refractivity contribution >= 4 is 0 Å². The molecule has 0 saturated heterocycles. The van der Waals surface area contributed by atoms with E-state index in [0.29, 0.717) is 88.8 Å². The standard InChI is InChI=1S/C54H102O3/c1-31-37(22-34-25-40(49(4,5)6)46(55)41(26-34)50(7,8)9)32(2)39(24-36-29-44(53(16,17)18)48(57)45(30-36)54(19,20)21)33(3)38(31)23-35-27-42(51(10,11)12)47(56)43(28-35)52(13,14)15/h31-48,55-57H,22-30H2,1-21H3. The van der Waals surface area contributed by atoms with Crippen LogP contribution in [-0.2, 0) is 0 Å². The predicted molar refractivity (Wildman–Crippen MR) is 246 cm³/mol. The molecular weight excluding hydrogens is 697 g/mol. The van der Waals surface area contributed by atoms with Crippen molar-refractivity contribution in [3.05, 3.63) is 0 Å². The number of hydrogen-bond donors (Lipinski definition) is 3. The summed E-state index contributed by atoms with van der Waals surface area (Å²) in [6.45, 7) is 50.7. The summed E-state index contributed by atoms with van der Waals surface area (Å²) in [5.41, 5.74) is 0.515. The van der Waals surface area contributed by atoms with Crippen LogP contribution in [0.2, 0.25) is 0 Å². The molecule has 0 aliphatic heterocycles. The van der Waals surface area contributed by atoms with Gasteiger partial charge in [-0.25, -0.2) is 0 Å². The average molecular weight is 799 g/mol. The largest absolute Gasteiger partial charge is 0.393 e.